The molecule has 4 aromatic rings. The van der Waals surface area contributed by atoms with E-state index in [1.165, 1.54) is 0 Å². The summed E-state index contributed by atoms with van der Waals surface area (Å²) in [5.74, 6) is 0.349. The Morgan fingerprint density at radius 3 is 2.45 bits per heavy atom. The van der Waals surface area contributed by atoms with Gasteiger partial charge in [0.25, 0.3) is 0 Å². The zero-order valence-corrected chi connectivity index (χ0v) is 18.8. The molecule has 5 nitrogen and oxygen atoms in total. The Morgan fingerprint density at radius 1 is 1.03 bits per heavy atom. The molecule has 0 radical (unpaired) electrons. The number of ketones is 2. The third-order valence-electron chi connectivity index (χ3n) is 4.81. The summed E-state index contributed by atoms with van der Waals surface area (Å²) in [4.78, 5) is 25.9. The van der Waals surface area contributed by atoms with Crippen LogP contribution in [0.3, 0.4) is 0 Å². The first-order chi connectivity index (χ1) is 15.0. The van der Waals surface area contributed by atoms with Gasteiger partial charge in [0.15, 0.2) is 11.5 Å². The number of para-hydroxylation sites is 1. The summed E-state index contributed by atoms with van der Waals surface area (Å²) in [6.07, 6.45) is 0. The molecule has 3 aromatic carbocycles. The van der Waals surface area contributed by atoms with Crippen LogP contribution in [0.5, 0.6) is 5.75 Å². The second kappa shape index (κ2) is 8.96. The van der Waals surface area contributed by atoms with Crippen LogP contribution in [0.15, 0.2) is 75.6 Å². The molecule has 31 heavy (non-hydrogen) atoms. The first-order valence-corrected chi connectivity index (χ1v) is 10.6. The van der Waals surface area contributed by atoms with Crippen molar-refractivity contribution in [3.05, 3.63) is 93.1 Å². The van der Waals surface area contributed by atoms with Gasteiger partial charge in [0.1, 0.15) is 11.3 Å². The monoisotopic (exact) mass is 497 g/mol. The van der Waals surface area contributed by atoms with Gasteiger partial charge in [-0.2, -0.15) is 0 Å². The number of rotatable bonds is 7. The van der Waals surface area contributed by atoms with E-state index in [4.69, 9.17) is 20.8 Å². The predicted molar refractivity (Wildman–Crippen MR) is 125 cm³/mol. The Morgan fingerprint density at radius 2 is 1.74 bits per heavy atom. The normalized spacial score (nSPS) is 10.8. The lowest BCUT2D eigenvalue weighted by atomic mass is 10.1. The second-order valence-electron chi connectivity index (χ2n) is 6.76. The number of furan rings is 1. The molecule has 0 bridgehead atoms. The molecule has 1 aromatic heterocycles. The van der Waals surface area contributed by atoms with Crippen LogP contribution in [0.25, 0.3) is 11.0 Å². The number of halogens is 2. The maximum Gasteiger partial charge on any atom is 0.230 e. The third-order valence-corrected chi connectivity index (χ3v) is 5.68. The first-order valence-electron chi connectivity index (χ1n) is 9.40. The fourth-order valence-corrected chi connectivity index (χ4v) is 3.89. The molecule has 0 amide bonds. The van der Waals surface area contributed by atoms with Crippen molar-refractivity contribution in [1.29, 1.82) is 0 Å². The van der Waals surface area contributed by atoms with Gasteiger partial charge in [-0.25, -0.2) is 0 Å². The summed E-state index contributed by atoms with van der Waals surface area (Å²) in [6.45, 7) is -0.0107. The summed E-state index contributed by atoms with van der Waals surface area (Å²) in [7, 11) is 1.56. The summed E-state index contributed by atoms with van der Waals surface area (Å²) in [5, 5.41) is 4.37. The van der Waals surface area contributed by atoms with Crippen LogP contribution in [0.2, 0.25) is 5.02 Å². The van der Waals surface area contributed by atoms with Crippen LogP contribution < -0.4 is 10.1 Å². The van der Waals surface area contributed by atoms with Crippen molar-refractivity contribution in [2.75, 3.05) is 19.0 Å². The van der Waals surface area contributed by atoms with E-state index >= 15 is 0 Å². The molecule has 7 heteroatoms. The quantitative estimate of drug-likeness (QED) is 0.299. The van der Waals surface area contributed by atoms with Crippen molar-refractivity contribution in [3.63, 3.8) is 0 Å². The fourth-order valence-electron chi connectivity index (χ4n) is 3.22. The third kappa shape index (κ3) is 4.36. The molecule has 0 saturated heterocycles. The van der Waals surface area contributed by atoms with Gasteiger partial charge in [0, 0.05) is 21.5 Å². The Hall–Kier alpha value is -3.09. The van der Waals surface area contributed by atoms with Crippen LogP contribution in [-0.4, -0.2) is 25.2 Å². The van der Waals surface area contributed by atoms with E-state index in [-0.39, 0.29) is 23.9 Å². The highest BCUT2D eigenvalue weighted by Crippen LogP contribution is 2.33. The highest BCUT2D eigenvalue weighted by Gasteiger charge is 2.22. The number of nitrogens with one attached hydrogen (secondary N) is 1. The summed E-state index contributed by atoms with van der Waals surface area (Å²) >= 11 is 9.33. The number of hydrogen-bond acceptors (Lipinski definition) is 5. The molecule has 0 saturated carbocycles. The average Bonchev–Trinajstić information content (AvgIpc) is 3.16. The van der Waals surface area contributed by atoms with E-state index in [2.05, 4.69) is 21.2 Å². The van der Waals surface area contributed by atoms with E-state index < -0.39 is 0 Å². The van der Waals surface area contributed by atoms with Gasteiger partial charge in [0.2, 0.25) is 5.78 Å². The number of methoxy groups -OCH3 is 1. The maximum absolute atomic E-state index is 13.1. The number of carbonyl (C=O) groups is 2. The van der Waals surface area contributed by atoms with Gasteiger partial charge in [0.05, 0.1) is 23.8 Å². The van der Waals surface area contributed by atoms with E-state index in [0.29, 0.717) is 37.6 Å². The van der Waals surface area contributed by atoms with E-state index in [0.717, 1.165) is 5.39 Å². The van der Waals surface area contributed by atoms with E-state index in [1.54, 1.807) is 55.6 Å². The maximum atomic E-state index is 13.1. The molecule has 1 heterocycles. The minimum Gasteiger partial charge on any atom is -0.496 e. The van der Waals surface area contributed by atoms with Crippen LogP contribution >= 0.6 is 27.5 Å². The van der Waals surface area contributed by atoms with Gasteiger partial charge < -0.3 is 14.5 Å². The Bertz CT molecular complexity index is 1280. The van der Waals surface area contributed by atoms with Crippen molar-refractivity contribution in [1.82, 2.24) is 0 Å². The van der Waals surface area contributed by atoms with Crippen molar-refractivity contribution >= 4 is 55.8 Å². The Labute approximate surface area is 192 Å². The number of benzene rings is 3. The number of fused-ring (bicyclic) bond motifs is 1. The van der Waals surface area contributed by atoms with Crippen molar-refractivity contribution in [2.24, 2.45) is 0 Å². The Kier molecular flexibility index (Phi) is 6.11. The number of hydrogen-bond donors (Lipinski definition) is 1. The molecule has 0 fully saturated rings. The van der Waals surface area contributed by atoms with E-state index in [1.807, 2.05) is 18.2 Å². The standard InChI is InChI=1S/C24H17BrClNO4/c1-30-21-11-8-15(12-18(21)25)19(28)13-27-22-17-4-2-3-5-20(17)31-24(22)23(29)14-6-9-16(26)10-7-14/h2-12,27H,13H2,1H3. The number of carbonyl (C=O) groups excluding carboxylic acids is 2. The highest BCUT2D eigenvalue weighted by molar-refractivity contribution is 9.10. The van der Waals surface area contributed by atoms with Gasteiger partial charge in [-0.3, -0.25) is 9.59 Å². The first kappa shape index (κ1) is 21.2. The van der Waals surface area contributed by atoms with Crippen LogP contribution in [0, 0.1) is 0 Å². The molecule has 0 aliphatic carbocycles. The molecule has 0 aliphatic rings. The molecule has 0 atom stereocenters. The molecule has 0 unspecified atom stereocenters. The van der Waals surface area contributed by atoms with Crippen LogP contribution in [0.1, 0.15) is 26.5 Å². The van der Waals surface area contributed by atoms with Crippen molar-refractivity contribution < 1.29 is 18.7 Å². The summed E-state index contributed by atoms with van der Waals surface area (Å²) < 4.78 is 11.7. The highest BCUT2D eigenvalue weighted by atomic mass is 79.9. The zero-order chi connectivity index (χ0) is 22.0. The lowest BCUT2D eigenvalue weighted by Crippen LogP contribution is -2.15. The lowest BCUT2D eigenvalue weighted by Gasteiger charge is -2.08. The predicted octanol–water partition coefficient (Wildman–Crippen LogP) is 6.38. The van der Waals surface area contributed by atoms with E-state index in [9.17, 15) is 9.59 Å². The minimum atomic E-state index is -0.296. The summed E-state index contributed by atoms with van der Waals surface area (Å²) in [5.41, 5.74) is 1.99. The van der Waals surface area contributed by atoms with Gasteiger partial charge in [-0.1, -0.05) is 23.7 Å². The van der Waals surface area contributed by atoms with Gasteiger partial charge >= 0.3 is 0 Å². The minimum absolute atomic E-state index is 0.0107. The largest absolute Gasteiger partial charge is 0.496 e. The molecule has 156 valence electrons. The summed E-state index contributed by atoms with van der Waals surface area (Å²) in [6, 6.07) is 19.0. The Balaban J connectivity index is 1.64. The van der Waals surface area contributed by atoms with Gasteiger partial charge in [-0.05, 0) is 70.5 Å². The topological polar surface area (TPSA) is 68.5 Å². The van der Waals surface area contributed by atoms with Crippen LogP contribution in [0.4, 0.5) is 5.69 Å². The fraction of sp³-hybridized carbons (Fsp3) is 0.0833. The molecule has 0 spiro atoms. The number of ether oxygens (including phenoxy) is 1. The molecular formula is C24H17BrClNO4. The SMILES string of the molecule is COc1ccc(C(=O)CNc2c(C(=O)c3ccc(Cl)cc3)oc3ccccc23)cc1Br. The second-order valence-corrected chi connectivity index (χ2v) is 8.06. The smallest absolute Gasteiger partial charge is 0.230 e. The number of Topliss-reactive ketones (excluding diaryl/α,β-unsaturated/α-hetero) is 1. The molecule has 4 rings (SSSR count). The lowest BCUT2D eigenvalue weighted by molar-refractivity contribution is 0.0997. The van der Waals surface area contributed by atoms with Gasteiger partial charge in [-0.15, -0.1) is 0 Å². The average molecular weight is 499 g/mol. The van der Waals surface area contributed by atoms with Crippen molar-refractivity contribution in [2.45, 2.75) is 0 Å². The van der Waals surface area contributed by atoms with Crippen LogP contribution in [-0.2, 0) is 0 Å². The molecule has 0 aliphatic heterocycles. The molecular weight excluding hydrogens is 482 g/mol. The number of anilines is 1. The zero-order valence-electron chi connectivity index (χ0n) is 16.4. The van der Waals surface area contributed by atoms with Crippen molar-refractivity contribution in [3.8, 4) is 5.75 Å². The molecule has 1 N–H and O–H groups in total.